The van der Waals surface area contributed by atoms with Crippen molar-refractivity contribution in [2.24, 2.45) is 0 Å². The summed E-state index contributed by atoms with van der Waals surface area (Å²) in [7, 11) is 4.95. The first kappa shape index (κ1) is 23.4. The number of alkyl halides is 2. The molecule has 0 aliphatic heterocycles. The molecule has 0 aliphatic carbocycles. The summed E-state index contributed by atoms with van der Waals surface area (Å²) in [5.74, 6) is 1.76. The standard InChI is InChI=1S/C28H24Br2O3/c1-31-25-22(19-13-7-4-8-14-19)24(28(29,30)21-17-11-6-12-18-21)23(20-15-9-5-10-16-20)26(32-2)27(25)33-3/h4-18H,1-3H3. The highest BCUT2D eigenvalue weighted by Crippen LogP contribution is 2.60. The van der Waals surface area contributed by atoms with Crippen LogP contribution in [0.2, 0.25) is 0 Å². The van der Waals surface area contributed by atoms with Crippen LogP contribution in [-0.2, 0) is 3.23 Å². The van der Waals surface area contributed by atoms with Crippen molar-refractivity contribution in [2.45, 2.75) is 3.23 Å². The number of hydrogen-bond donors (Lipinski definition) is 0. The van der Waals surface area contributed by atoms with Crippen molar-refractivity contribution >= 4 is 31.9 Å². The molecule has 0 radical (unpaired) electrons. The Labute approximate surface area is 211 Å². The second-order valence-corrected chi connectivity index (χ2v) is 10.8. The van der Waals surface area contributed by atoms with E-state index in [2.05, 4.69) is 68.3 Å². The Kier molecular flexibility index (Phi) is 7.11. The van der Waals surface area contributed by atoms with Crippen LogP contribution in [0.1, 0.15) is 11.1 Å². The Morgan fingerprint density at radius 1 is 0.515 bits per heavy atom. The van der Waals surface area contributed by atoms with Gasteiger partial charge in [0.1, 0.15) is 3.23 Å². The number of benzene rings is 4. The van der Waals surface area contributed by atoms with Gasteiger partial charge >= 0.3 is 0 Å². The summed E-state index contributed by atoms with van der Waals surface area (Å²) in [5, 5.41) is 0. The van der Waals surface area contributed by atoms with Gasteiger partial charge in [0.15, 0.2) is 11.5 Å². The molecular formula is C28H24Br2O3. The Morgan fingerprint density at radius 3 is 1.24 bits per heavy atom. The van der Waals surface area contributed by atoms with E-state index in [-0.39, 0.29) is 0 Å². The summed E-state index contributed by atoms with van der Waals surface area (Å²) >= 11 is 8.07. The zero-order chi connectivity index (χ0) is 23.4. The summed E-state index contributed by atoms with van der Waals surface area (Å²) < 4.78 is 17.1. The molecule has 33 heavy (non-hydrogen) atoms. The minimum Gasteiger partial charge on any atom is -0.492 e. The van der Waals surface area contributed by atoms with Crippen LogP contribution in [0, 0.1) is 0 Å². The molecule has 0 unspecified atom stereocenters. The third kappa shape index (κ3) is 4.28. The van der Waals surface area contributed by atoms with Crippen molar-refractivity contribution in [1.82, 2.24) is 0 Å². The predicted octanol–water partition coefficient (Wildman–Crippen LogP) is 8.04. The Bertz CT molecular complexity index is 1160. The van der Waals surface area contributed by atoms with E-state index < -0.39 is 3.23 Å². The maximum atomic E-state index is 5.98. The molecule has 0 aliphatic rings. The van der Waals surface area contributed by atoms with E-state index in [0.717, 1.165) is 33.4 Å². The number of methoxy groups -OCH3 is 3. The summed E-state index contributed by atoms with van der Waals surface area (Å²) in [4.78, 5) is 0. The minimum atomic E-state index is -0.746. The van der Waals surface area contributed by atoms with Gasteiger partial charge in [0.25, 0.3) is 0 Å². The molecule has 4 aromatic rings. The van der Waals surface area contributed by atoms with Crippen LogP contribution < -0.4 is 14.2 Å². The molecule has 0 spiro atoms. The van der Waals surface area contributed by atoms with Crippen molar-refractivity contribution in [1.29, 1.82) is 0 Å². The molecule has 0 N–H and O–H groups in total. The molecule has 0 saturated heterocycles. The number of halogens is 2. The fourth-order valence-electron chi connectivity index (χ4n) is 4.12. The lowest BCUT2D eigenvalue weighted by Crippen LogP contribution is -2.16. The highest BCUT2D eigenvalue weighted by Gasteiger charge is 2.39. The summed E-state index contributed by atoms with van der Waals surface area (Å²) in [6.45, 7) is 0. The van der Waals surface area contributed by atoms with Crippen LogP contribution in [0.15, 0.2) is 91.0 Å². The van der Waals surface area contributed by atoms with Gasteiger partial charge in [-0.1, -0.05) is 123 Å². The maximum absolute atomic E-state index is 5.98. The van der Waals surface area contributed by atoms with E-state index in [4.69, 9.17) is 14.2 Å². The van der Waals surface area contributed by atoms with Crippen LogP contribution in [0.25, 0.3) is 22.3 Å². The first-order valence-corrected chi connectivity index (χ1v) is 12.0. The number of hydrogen-bond acceptors (Lipinski definition) is 3. The van der Waals surface area contributed by atoms with Gasteiger partial charge in [-0.25, -0.2) is 0 Å². The summed E-state index contributed by atoms with van der Waals surface area (Å²) in [6.07, 6.45) is 0. The normalized spacial score (nSPS) is 11.2. The van der Waals surface area contributed by atoms with E-state index in [1.165, 1.54) is 0 Å². The zero-order valence-corrected chi connectivity index (χ0v) is 21.8. The molecule has 0 amide bonds. The topological polar surface area (TPSA) is 27.7 Å². The van der Waals surface area contributed by atoms with Crippen molar-refractivity contribution in [3.63, 3.8) is 0 Å². The molecule has 4 rings (SSSR count). The average molecular weight is 568 g/mol. The molecule has 0 bridgehead atoms. The predicted molar refractivity (Wildman–Crippen MR) is 142 cm³/mol. The zero-order valence-electron chi connectivity index (χ0n) is 18.6. The van der Waals surface area contributed by atoms with Crippen molar-refractivity contribution in [2.75, 3.05) is 21.3 Å². The van der Waals surface area contributed by atoms with Crippen LogP contribution in [0.5, 0.6) is 17.2 Å². The largest absolute Gasteiger partial charge is 0.492 e. The molecule has 3 nitrogen and oxygen atoms in total. The molecule has 4 aromatic carbocycles. The average Bonchev–Trinajstić information content (AvgIpc) is 2.88. The second-order valence-electron chi connectivity index (χ2n) is 7.40. The van der Waals surface area contributed by atoms with Gasteiger partial charge in [-0.05, 0) is 16.7 Å². The number of rotatable bonds is 7. The van der Waals surface area contributed by atoms with Gasteiger partial charge in [-0.3, -0.25) is 0 Å². The lowest BCUT2D eigenvalue weighted by atomic mass is 9.86. The molecule has 168 valence electrons. The fraction of sp³-hybridized carbons (Fsp3) is 0.143. The first-order chi connectivity index (χ1) is 16.0. The molecule has 0 fully saturated rings. The van der Waals surface area contributed by atoms with Gasteiger partial charge in [-0.15, -0.1) is 0 Å². The minimum absolute atomic E-state index is 0.547. The molecule has 0 aromatic heterocycles. The van der Waals surface area contributed by atoms with Gasteiger partial charge in [-0.2, -0.15) is 0 Å². The quantitative estimate of drug-likeness (QED) is 0.211. The van der Waals surface area contributed by atoms with Crippen LogP contribution in [0.3, 0.4) is 0 Å². The summed E-state index contributed by atoms with van der Waals surface area (Å²) in [6, 6.07) is 30.6. The molecule has 5 heteroatoms. The molecular weight excluding hydrogens is 544 g/mol. The van der Waals surface area contributed by atoms with Crippen molar-refractivity contribution in [3.8, 4) is 39.5 Å². The highest BCUT2D eigenvalue weighted by atomic mass is 79.9. The van der Waals surface area contributed by atoms with Crippen molar-refractivity contribution in [3.05, 3.63) is 102 Å². The van der Waals surface area contributed by atoms with E-state index in [9.17, 15) is 0 Å². The Balaban J connectivity index is 2.25. The Morgan fingerprint density at radius 2 is 0.879 bits per heavy atom. The highest BCUT2D eigenvalue weighted by molar-refractivity contribution is 9.25. The second kappa shape index (κ2) is 10.0. The first-order valence-electron chi connectivity index (χ1n) is 10.4. The van der Waals surface area contributed by atoms with Crippen molar-refractivity contribution < 1.29 is 14.2 Å². The summed E-state index contributed by atoms with van der Waals surface area (Å²) in [5.41, 5.74) is 5.82. The Hall–Kier alpha value is -2.76. The number of ether oxygens (including phenoxy) is 3. The smallest absolute Gasteiger partial charge is 0.204 e. The lowest BCUT2D eigenvalue weighted by Gasteiger charge is -2.31. The van der Waals surface area contributed by atoms with E-state index in [0.29, 0.717) is 17.2 Å². The van der Waals surface area contributed by atoms with Gasteiger partial charge in [0.2, 0.25) is 5.75 Å². The van der Waals surface area contributed by atoms with E-state index in [1.807, 2.05) is 54.6 Å². The molecule has 0 saturated carbocycles. The molecule has 0 atom stereocenters. The third-order valence-electron chi connectivity index (χ3n) is 5.55. The monoisotopic (exact) mass is 566 g/mol. The van der Waals surface area contributed by atoms with Crippen LogP contribution in [0.4, 0.5) is 0 Å². The van der Waals surface area contributed by atoms with E-state index in [1.54, 1.807) is 21.3 Å². The fourth-order valence-corrected chi connectivity index (χ4v) is 5.45. The van der Waals surface area contributed by atoms with Crippen LogP contribution >= 0.6 is 31.9 Å². The maximum Gasteiger partial charge on any atom is 0.204 e. The van der Waals surface area contributed by atoms with Crippen LogP contribution in [-0.4, -0.2) is 21.3 Å². The van der Waals surface area contributed by atoms with Gasteiger partial charge < -0.3 is 14.2 Å². The van der Waals surface area contributed by atoms with Gasteiger partial charge in [0, 0.05) is 16.7 Å². The molecule has 0 heterocycles. The van der Waals surface area contributed by atoms with E-state index >= 15 is 0 Å². The lowest BCUT2D eigenvalue weighted by molar-refractivity contribution is 0.325. The SMILES string of the molecule is COc1c(OC)c(-c2ccccc2)c(C(Br)(Br)c2ccccc2)c(-c2ccccc2)c1OC. The van der Waals surface area contributed by atoms with Gasteiger partial charge in [0.05, 0.1) is 21.3 Å². The third-order valence-corrected chi connectivity index (χ3v) is 7.26.